The number of carbonyl (C=O) groups is 2. The van der Waals surface area contributed by atoms with Crippen LogP contribution in [0.4, 0.5) is 0 Å². The zero-order chi connectivity index (χ0) is 19.0. The number of hydrogen-bond donors (Lipinski definition) is 1. The maximum atomic E-state index is 12.9. The van der Waals surface area contributed by atoms with Crippen molar-refractivity contribution in [2.75, 3.05) is 12.0 Å². The molecule has 6 nitrogen and oxygen atoms in total. The molecule has 2 aromatic carbocycles. The van der Waals surface area contributed by atoms with Gasteiger partial charge in [-0.1, -0.05) is 35.3 Å². The number of amides is 2. The number of hydrogen-bond acceptors (Lipinski definition) is 3. The fraction of sp³-hybridized carbons (Fsp3) is 0.211. The normalized spacial score (nSPS) is 16.7. The van der Waals surface area contributed by atoms with Crippen LogP contribution in [0.25, 0.3) is 11.0 Å². The Balaban J connectivity index is 1.55. The van der Waals surface area contributed by atoms with E-state index < -0.39 is 6.04 Å². The van der Waals surface area contributed by atoms with Crippen LogP contribution in [-0.2, 0) is 4.79 Å². The first-order valence-corrected chi connectivity index (χ1v) is 9.28. The number of carbonyl (C=O) groups excluding carboxylic acids is 2. The molecule has 1 aliphatic heterocycles. The lowest BCUT2D eigenvalue weighted by atomic mass is 10.1. The molecule has 138 valence electrons. The molecule has 1 aliphatic rings. The molecular formula is C19H16Cl2N4O2. The Kier molecular flexibility index (Phi) is 4.76. The molecule has 2 amide bonds. The van der Waals surface area contributed by atoms with Gasteiger partial charge in [-0.2, -0.15) is 0 Å². The zero-order valence-corrected chi connectivity index (χ0v) is 15.7. The van der Waals surface area contributed by atoms with Crippen molar-refractivity contribution in [3.8, 4) is 0 Å². The highest BCUT2D eigenvalue weighted by atomic mass is 35.5. The molecular weight excluding hydrogens is 387 g/mol. The molecule has 4 rings (SSSR count). The molecule has 0 radical (unpaired) electrons. The lowest BCUT2D eigenvalue weighted by Crippen LogP contribution is -2.45. The number of nitrogens with one attached hydrogen (secondary N) is 1. The Morgan fingerprint density at radius 3 is 2.63 bits per heavy atom. The lowest BCUT2D eigenvalue weighted by Gasteiger charge is -2.24. The summed E-state index contributed by atoms with van der Waals surface area (Å²) in [6, 6.07) is 11.6. The third-order valence-electron chi connectivity index (χ3n) is 4.61. The van der Waals surface area contributed by atoms with E-state index in [4.69, 9.17) is 23.2 Å². The van der Waals surface area contributed by atoms with Crippen LogP contribution in [0.3, 0.4) is 0 Å². The molecule has 0 saturated carbocycles. The van der Waals surface area contributed by atoms with E-state index in [9.17, 15) is 9.59 Å². The van der Waals surface area contributed by atoms with E-state index in [0.717, 1.165) is 17.5 Å². The van der Waals surface area contributed by atoms with E-state index in [1.807, 2.05) is 24.3 Å². The molecule has 8 heteroatoms. The zero-order valence-electron chi connectivity index (χ0n) is 14.2. The van der Waals surface area contributed by atoms with Crippen LogP contribution in [0, 0.1) is 0 Å². The van der Waals surface area contributed by atoms with Crippen molar-refractivity contribution >= 4 is 46.0 Å². The number of fused-ring (bicyclic) bond motifs is 1. The Bertz CT molecular complexity index is 1010. The largest absolute Gasteiger partial charge is 0.327 e. The smallest absolute Gasteiger partial charge is 0.261 e. The fourth-order valence-corrected chi connectivity index (χ4v) is 3.89. The highest BCUT2D eigenvalue weighted by Gasteiger charge is 2.35. The summed E-state index contributed by atoms with van der Waals surface area (Å²) in [4.78, 5) is 31.5. The van der Waals surface area contributed by atoms with Crippen molar-refractivity contribution in [3.63, 3.8) is 0 Å². The third-order valence-corrected chi connectivity index (χ3v) is 5.05. The molecule has 2 heterocycles. The number of likely N-dealkylation sites (tertiary alicyclic amines) is 1. The number of rotatable bonds is 3. The van der Waals surface area contributed by atoms with Crippen molar-refractivity contribution in [1.82, 2.24) is 14.6 Å². The Labute approximate surface area is 165 Å². The molecule has 1 fully saturated rings. The maximum absolute atomic E-state index is 12.9. The first kappa shape index (κ1) is 17.8. The quantitative estimate of drug-likeness (QED) is 0.725. The molecule has 1 saturated heterocycles. The maximum Gasteiger partial charge on any atom is 0.261 e. The summed E-state index contributed by atoms with van der Waals surface area (Å²) in [7, 11) is 0. The van der Waals surface area contributed by atoms with Gasteiger partial charge in [0.2, 0.25) is 0 Å². The van der Waals surface area contributed by atoms with Gasteiger partial charge in [0.15, 0.2) is 0 Å². The van der Waals surface area contributed by atoms with Gasteiger partial charge in [0, 0.05) is 22.2 Å². The SMILES string of the molecule is O=C(Nn1cnc2ccccc21)C1CCCN1C(=O)c1cc(Cl)cc(Cl)c1. The standard InChI is InChI=1S/C19H16Cl2N4O2/c20-13-8-12(9-14(21)10-13)19(27)24-7-3-6-17(24)18(26)23-25-11-22-15-4-1-2-5-16(15)25/h1-2,4-5,8-11,17H,3,6-7H2,(H,23,26). The van der Waals surface area contributed by atoms with Crippen LogP contribution >= 0.6 is 23.2 Å². The van der Waals surface area contributed by atoms with Gasteiger partial charge in [0.1, 0.15) is 12.4 Å². The summed E-state index contributed by atoms with van der Waals surface area (Å²) in [5, 5.41) is 0.770. The van der Waals surface area contributed by atoms with Crippen molar-refractivity contribution in [1.29, 1.82) is 0 Å². The Morgan fingerprint density at radius 1 is 1.11 bits per heavy atom. The molecule has 1 N–H and O–H groups in total. The Morgan fingerprint density at radius 2 is 1.85 bits per heavy atom. The second kappa shape index (κ2) is 7.21. The average molecular weight is 403 g/mol. The molecule has 1 aromatic heterocycles. The predicted octanol–water partition coefficient (Wildman–Crippen LogP) is 3.72. The van der Waals surface area contributed by atoms with E-state index in [1.54, 1.807) is 34.1 Å². The second-order valence-electron chi connectivity index (χ2n) is 6.39. The topological polar surface area (TPSA) is 67.2 Å². The third kappa shape index (κ3) is 3.50. The molecule has 0 aliphatic carbocycles. The number of aromatic nitrogens is 2. The predicted molar refractivity (Wildman–Crippen MR) is 105 cm³/mol. The summed E-state index contributed by atoms with van der Waals surface area (Å²) in [6.07, 6.45) is 2.90. The van der Waals surface area contributed by atoms with Crippen LogP contribution in [0.2, 0.25) is 10.0 Å². The van der Waals surface area contributed by atoms with Gasteiger partial charge >= 0.3 is 0 Å². The van der Waals surface area contributed by atoms with E-state index in [-0.39, 0.29) is 11.8 Å². The first-order valence-electron chi connectivity index (χ1n) is 8.53. The minimum absolute atomic E-state index is 0.253. The van der Waals surface area contributed by atoms with Crippen molar-refractivity contribution in [3.05, 3.63) is 64.4 Å². The van der Waals surface area contributed by atoms with Gasteiger partial charge in [0.25, 0.3) is 11.8 Å². The van der Waals surface area contributed by atoms with Gasteiger partial charge in [-0.15, -0.1) is 0 Å². The summed E-state index contributed by atoms with van der Waals surface area (Å²) in [5.74, 6) is -0.510. The van der Waals surface area contributed by atoms with Crippen LogP contribution in [0.5, 0.6) is 0 Å². The molecule has 1 atom stereocenters. The van der Waals surface area contributed by atoms with Gasteiger partial charge < -0.3 is 4.90 Å². The summed E-state index contributed by atoms with van der Waals surface area (Å²) >= 11 is 12.0. The van der Waals surface area contributed by atoms with E-state index >= 15 is 0 Å². The molecule has 0 bridgehead atoms. The second-order valence-corrected chi connectivity index (χ2v) is 7.27. The van der Waals surface area contributed by atoms with E-state index in [0.29, 0.717) is 28.6 Å². The van der Waals surface area contributed by atoms with Crippen LogP contribution < -0.4 is 5.43 Å². The van der Waals surface area contributed by atoms with Gasteiger partial charge in [0.05, 0.1) is 11.0 Å². The molecule has 0 spiro atoms. The van der Waals surface area contributed by atoms with E-state index in [2.05, 4.69) is 10.4 Å². The van der Waals surface area contributed by atoms with Crippen molar-refractivity contribution < 1.29 is 9.59 Å². The van der Waals surface area contributed by atoms with Crippen molar-refractivity contribution in [2.24, 2.45) is 0 Å². The lowest BCUT2D eigenvalue weighted by molar-refractivity contribution is -0.120. The summed E-state index contributed by atoms with van der Waals surface area (Å²) < 4.78 is 1.58. The van der Waals surface area contributed by atoms with Gasteiger partial charge in [-0.25, -0.2) is 9.66 Å². The number of para-hydroxylation sites is 2. The number of halogens is 2. The number of imidazole rings is 1. The first-order chi connectivity index (χ1) is 13.0. The van der Waals surface area contributed by atoms with Crippen LogP contribution in [-0.4, -0.2) is 39.0 Å². The fourth-order valence-electron chi connectivity index (χ4n) is 3.37. The van der Waals surface area contributed by atoms with Gasteiger partial charge in [-0.3, -0.25) is 15.0 Å². The molecule has 27 heavy (non-hydrogen) atoms. The monoisotopic (exact) mass is 402 g/mol. The summed E-state index contributed by atoms with van der Waals surface area (Å²) in [5.41, 5.74) is 4.79. The molecule has 3 aromatic rings. The van der Waals surface area contributed by atoms with Gasteiger partial charge in [-0.05, 0) is 43.2 Å². The highest BCUT2D eigenvalue weighted by molar-refractivity contribution is 6.35. The number of benzene rings is 2. The number of nitrogens with zero attached hydrogens (tertiary/aromatic N) is 3. The highest BCUT2D eigenvalue weighted by Crippen LogP contribution is 2.25. The summed E-state index contributed by atoms with van der Waals surface area (Å²) in [6.45, 7) is 0.506. The van der Waals surface area contributed by atoms with Crippen molar-refractivity contribution in [2.45, 2.75) is 18.9 Å². The Hall–Kier alpha value is -2.57. The van der Waals surface area contributed by atoms with Crippen LogP contribution in [0.1, 0.15) is 23.2 Å². The van der Waals surface area contributed by atoms with Crippen LogP contribution in [0.15, 0.2) is 48.8 Å². The average Bonchev–Trinajstić information content (AvgIpc) is 3.28. The minimum atomic E-state index is -0.559. The molecule has 1 unspecified atom stereocenters. The minimum Gasteiger partial charge on any atom is -0.327 e. The van der Waals surface area contributed by atoms with E-state index in [1.165, 1.54) is 0 Å².